The average molecular weight is 332 g/mol. The summed E-state index contributed by atoms with van der Waals surface area (Å²) in [7, 11) is 0. The Morgan fingerprint density at radius 2 is 2.08 bits per heavy atom. The highest BCUT2D eigenvalue weighted by Crippen LogP contribution is 2.40. The molecule has 1 aromatic rings. The van der Waals surface area contributed by atoms with E-state index < -0.39 is 24.2 Å². The summed E-state index contributed by atoms with van der Waals surface area (Å²) in [4.78, 5) is 15.2. The van der Waals surface area contributed by atoms with Gasteiger partial charge in [-0.3, -0.25) is 4.79 Å². The van der Waals surface area contributed by atoms with Gasteiger partial charge in [0.25, 0.3) is 0 Å². The molecule has 5 atom stereocenters. The number of benzene rings is 1. The summed E-state index contributed by atoms with van der Waals surface area (Å²) in [5, 5.41) is 26.6. The van der Waals surface area contributed by atoms with E-state index in [4.69, 9.17) is 5.53 Å². The zero-order valence-electron chi connectivity index (χ0n) is 14.0. The third-order valence-electron chi connectivity index (χ3n) is 4.75. The molecule has 1 amide bonds. The smallest absolute Gasteiger partial charge is 0.223 e. The van der Waals surface area contributed by atoms with E-state index in [9.17, 15) is 15.0 Å². The number of carbonyl (C=O) groups excluding carboxylic acids is 1. The maximum absolute atomic E-state index is 12.6. The number of nitrogens with one attached hydrogen (secondary N) is 1. The molecule has 2 rings (SSSR count). The van der Waals surface area contributed by atoms with E-state index in [1.165, 1.54) is 0 Å². The van der Waals surface area contributed by atoms with Gasteiger partial charge in [-0.05, 0) is 29.5 Å². The number of aliphatic hydroxyl groups is 2. The minimum Gasteiger partial charge on any atom is -0.393 e. The second-order valence-corrected chi connectivity index (χ2v) is 6.30. The highest BCUT2D eigenvalue weighted by atomic mass is 16.3. The third kappa shape index (κ3) is 3.87. The summed E-state index contributed by atoms with van der Waals surface area (Å²) in [6.07, 6.45) is -0.742. The predicted octanol–water partition coefficient (Wildman–Crippen LogP) is 2.41. The van der Waals surface area contributed by atoms with Gasteiger partial charge < -0.3 is 15.5 Å². The number of nitrogens with zero attached hydrogens (tertiary/aromatic N) is 3. The van der Waals surface area contributed by atoms with Gasteiger partial charge >= 0.3 is 0 Å². The molecular formula is C17H24N4O3. The van der Waals surface area contributed by atoms with Gasteiger partial charge in [0, 0.05) is 16.7 Å². The number of amides is 1. The van der Waals surface area contributed by atoms with Gasteiger partial charge in [0.15, 0.2) is 0 Å². The summed E-state index contributed by atoms with van der Waals surface area (Å²) in [5.74, 6) is -0.642. The van der Waals surface area contributed by atoms with Gasteiger partial charge in [-0.25, -0.2) is 0 Å². The van der Waals surface area contributed by atoms with Crippen LogP contribution in [-0.4, -0.2) is 34.9 Å². The van der Waals surface area contributed by atoms with Gasteiger partial charge in [0.1, 0.15) is 0 Å². The Morgan fingerprint density at radius 1 is 1.42 bits per heavy atom. The topological polar surface area (TPSA) is 118 Å². The van der Waals surface area contributed by atoms with Crippen LogP contribution in [0.1, 0.15) is 49.8 Å². The van der Waals surface area contributed by atoms with Crippen LogP contribution in [0.3, 0.4) is 0 Å². The van der Waals surface area contributed by atoms with Crippen LogP contribution in [-0.2, 0) is 4.79 Å². The monoisotopic (exact) mass is 332 g/mol. The maximum Gasteiger partial charge on any atom is 0.223 e. The third-order valence-corrected chi connectivity index (χ3v) is 4.75. The fourth-order valence-corrected chi connectivity index (χ4v) is 3.29. The summed E-state index contributed by atoms with van der Waals surface area (Å²) >= 11 is 0. The zero-order valence-corrected chi connectivity index (χ0v) is 14.0. The van der Waals surface area contributed by atoms with Crippen molar-refractivity contribution in [2.24, 2.45) is 11.0 Å². The van der Waals surface area contributed by atoms with Crippen molar-refractivity contribution in [1.29, 1.82) is 0 Å². The van der Waals surface area contributed by atoms with Crippen molar-refractivity contribution in [3.05, 3.63) is 45.8 Å². The maximum atomic E-state index is 12.6. The molecule has 1 unspecified atom stereocenters. The van der Waals surface area contributed by atoms with Crippen LogP contribution < -0.4 is 5.32 Å². The Kier molecular flexibility index (Phi) is 6.20. The Bertz CT molecular complexity index is 630. The lowest BCUT2D eigenvalue weighted by molar-refractivity contribution is -0.127. The molecule has 0 aliphatic heterocycles. The van der Waals surface area contributed by atoms with E-state index in [1.807, 2.05) is 38.1 Å². The normalized spacial score (nSPS) is 24.6. The SMILES string of the molecule is CC[C@H](C[C@H](O)CN=[N+]=[N-])C(=O)N[C@H]1c2ccccc2C(C)[C@H]1O. The number of azide groups is 1. The van der Waals surface area contributed by atoms with Gasteiger partial charge in [-0.1, -0.05) is 43.2 Å². The summed E-state index contributed by atoms with van der Waals surface area (Å²) < 4.78 is 0. The molecule has 0 saturated carbocycles. The highest BCUT2D eigenvalue weighted by Gasteiger charge is 2.38. The van der Waals surface area contributed by atoms with Crippen molar-refractivity contribution in [3.63, 3.8) is 0 Å². The van der Waals surface area contributed by atoms with Crippen LogP contribution >= 0.6 is 0 Å². The summed E-state index contributed by atoms with van der Waals surface area (Å²) in [6, 6.07) is 7.27. The molecule has 1 aromatic carbocycles. The first-order valence-corrected chi connectivity index (χ1v) is 8.25. The van der Waals surface area contributed by atoms with E-state index in [-0.39, 0.29) is 24.8 Å². The number of carbonyl (C=O) groups is 1. The Morgan fingerprint density at radius 3 is 2.71 bits per heavy atom. The minimum absolute atomic E-state index is 0.0397. The lowest BCUT2D eigenvalue weighted by atomic mass is 9.96. The fraction of sp³-hybridized carbons (Fsp3) is 0.588. The van der Waals surface area contributed by atoms with Crippen molar-refractivity contribution < 1.29 is 15.0 Å². The average Bonchev–Trinajstić information content (AvgIpc) is 2.83. The fourth-order valence-electron chi connectivity index (χ4n) is 3.29. The first-order chi connectivity index (χ1) is 11.5. The van der Waals surface area contributed by atoms with Crippen molar-refractivity contribution in [3.8, 4) is 0 Å². The van der Waals surface area contributed by atoms with Crippen molar-refractivity contribution in [1.82, 2.24) is 5.32 Å². The molecule has 24 heavy (non-hydrogen) atoms. The number of rotatable bonds is 7. The van der Waals surface area contributed by atoms with E-state index in [0.29, 0.717) is 6.42 Å². The highest BCUT2D eigenvalue weighted by molar-refractivity contribution is 5.79. The Balaban J connectivity index is 2.06. The number of hydrogen-bond acceptors (Lipinski definition) is 4. The van der Waals surface area contributed by atoms with E-state index in [0.717, 1.165) is 11.1 Å². The second-order valence-electron chi connectivity index (χ2n) is 6.30. The van der Waals surface area contributed by atoms with Crippen LogP contribution in [0.2, 0.25) is 0 Å². The summed E-state index contributed by atoms with van der Waals surface area (Å²) in [6.45, 7) is 3.76. The molecule has 7 heteroatoms. The van der Waals surface area contributed by atoms with E-state index in [2.05, 4.69) is 15.3 Å². The Labute approximate surface area is 141 Å². The van der Waals surface area contributed by atoms with Crippen LogP contribution in [0.5, 0.6) is 0 Å². The molecule has 0 bridgehead atoms. The molecule has 0 heterocycles. The molecule has 0 saturated heterocycles. The number of fused-ring (bicyclic) bond motifs is 1. The Hall–Kier alpha value is -2.08. The molecule has 3 N–H and O–H groups in total. The number of hydrogen-bond donors (Lipinski definition) is 3. The molecule has 0 spiro atoms. The molecule has 1 aliphatic rings. The van der Waals surface area contributed by atoms with Crippen molar-refractivity contribution >= 4 is 5.91 Å². The first-order valence-electron chi connectivity index (χ1n) is 8.25. The standard InChI is InChI=1S/C17H24N4O3/c1-3-11(8-12(22)9-19-21-18)17(24)20-15-14-7-5-4-6-13(14)10(2)16(15)23/h4-7,10-12,15-16,22-23H,3,8-9H2,1-2H3,(H,20,24)/t10?,11-,12+,15+,16-/m1/s1. The zero-order chi connectivity index (χ0) is 17.7. The van der Waals surface area contributed by atoms with Crippen LogP contribution in [0.4, 0.5) is 0 Å². The van der Waals surface area contributed by atoms with Crippen LogP contribution in [0, 0.1) is 5.92 Å². The largest absolute Gasteiger partial charge is 0.393 e. The molecule has 0 aromatic heterocycles. The summed E-state index contributed by atoms with van der Waals surface area (Å²) in [5.41, 5.74) is 10.3. The van der Waals surface area contributed by atoms with Gasteiger partial charge in [0.05, 0.1) is 24.8 Å². The minimum atomic E-state index is -0.851. The molecule has 7 nitrogen and oxygen atoms in total. The van der Waals surface area contributed by atoms with Gasteiger partial charge in [-0.2, -0.15) is 0 Å². The lowest BCUT2D eigenvalue weighted by Gasteiger charge is -2.24. The van der Waals surface area contributed by atoms with Crippen LogP contribution in [0.15, 0.2) is 29.4 Å². The molecule has 130 valence electrons. The first kappa shape index (κ1) is 18.3. The quantitative estimate of drug-likeness (QED) is 0.404. The molecule has 0 radical (unpaired) electrons. The van der Waals surface area contributed by atoms with Gasteiger partial charge in [0.2, 0.25) is 5.91 Å². The predicted molar refractivity (Wildman–Crippen MR) is 90.2 cm³/mol. The second kappa shape index (κ2) is 8.15. The van der Waals surface area contributed by atoms with Crippen molar-refractivity contribution in [2.75, 3.05) is 6.54 Å². The lowest BCUT2D eigenvalue weighted by Crippen LogP contribution is -2.39. The van der Waals surface area contributed by atoms with Gasteiger partial charge in [-0.15, -0.1) is 0 Å². The number of aliphatic hydroxyl groups excluding tert-OH is 2. The van der Waals surface area contributed by atoms with Crippen molar-refractivity contribution in [2.45, 2.75) is 50.9 Å². The molecular weight excluding hydrogens is 308 g/mol. The van der Waals surface area contributed by atoms with E-state index >= 15 is 0 Å². The molecule has 0 fully saturated rings. The van der Waals surface area contributed by atoms with E-state index in [1.54, 1.807) is 0 Å². The van der Waals surface area contributed by atoms with Crippen LogP contribution in [0.25, 0.3) is 10.4 Å². The molecule has 1 aliphatic carbocycles.